The summed E-state index contributed by atoms with van der Waals surface area (Å²) in [5.41, 5.74) is 2.57. The highest BCUT2D eigenvalue weighted by atomic mass is 32.1. The van der Waals surface area contributed by atoms with Crippen LogP contribution in [0.4, 0.5) is 5.13 Å². The second-order valence-electron chi connectivity index (χ2n) is 6.91. The molecule has 0 aliphatic carbocycles. The SMILES string of the molecule is CC(C)c1noc2ncc(C(=O)Nc3nc4c(ccc5ccccc54)s3)cc12. The molecule has 0 saturated heterocycles. The van der Waals surface area contributed by atoms with Gasteiger partial charge in [-0.2, -0.15) is 0 Å². The molecule has 2 aromatic carbocycles. The normalized spacial score (nSPS) is 11.7. The van der Waals surface area contributed by atoms with E-state index in [-0.39, 0.29) is 11.8 Å². The third-order valence-corrected chi connectivity index (χ3v) is 5.61. The molecule has 0 saturated carbocycles. The van der Waals surface area contributed by atoms with E-state index in [1.807, 2.05) is 38.1 Å². The van der Waals surface area contributed by atoms with Crippen LogP contribution in [0.25, 0.3) is 32.1 Å². The zero-order chi connectivity index (χ0) is 19.3. The van der Waals surface area contributed by atoms with Crippen molar-refractivity contribution in [1.29, 1.82) is 0 Å². The molecule has 0 unspecified atom stereocenters. The zero-order valence-corrected chi connectivity index (χ0v) is 16.1. The lowest BCUT2D eigenvalue weighted by atomic mass is 10.1. The van der Waals surface area contributed by atoms with E-state index in [0.29, 0.717) is 16.4 Å². The first-order chi connectivity index (χ1) is 13.6. The molecule has 0 aliphatic rings. The molecule has 3 heterocycles. The van der Waals surface area contributed by atoms with Gasteiger partial charge < -0.3 is 4.52 Å². The molecule has 7 heteroatoms. The van der Waals surface area contributed by atoms with Crippen molar-refractivity contribution >= 4 is 54.5 Å². The highest BCUT2D eigenvalue weighted by Gasteiger charge is 2.17. The predicted octanol–water partition coefficient (Wildman–Crippen LogP) is 5.36. The van der Waals surface area contributed by atoms with Gasteiger partial charge in [0.1, 0.15) is 0 Å². The molecule has 0 atom stereocenters. The van der Waals surface area contributed by atoms with Crippen LogP contribution < -0.4 is 5.32 Å². The largest absolute Gasteiger partial charge is 0.336 e. The van der Waals surface area contributed by atoms with E-state index in [1.165, 1.54) is 17.5 Å². The van der Waals surface area contributed by atoms with Crippen molar-refractivity contribution < 1.29 is 9.32 Å². The second kappa shape index (κ2) is 6.38. The molecule has 6 nitrogen and oxygen atoms in total. The van der Waals surface area contributed by atoms with Crippen molar-refractivity contribution in [3.05, 3.63) is 59.9 Å². The number of carbonyl (C=O) groups is 1. The summed E-state index contributed by atoms with van der Waals surface area (Å²) in [6.07, 6.45) is 1.50. The summed E-state index contributed by atoms with van der Waals surface area (Å²) >= 11 is 1.45. The Morgan fingerprint density at radius 3 is 2.86 bits per heavy atom. The zero-order valence-electron chi connectivity index (χ0n) is 15.3. The third-order valence-electron chi connectivity index (χ3n) is 4.67. The number of aromatic nitrogens is 3. The second-order valence-corrected chi connectivity index (χ2v) is 7.94. The fourth-order valence-corrected chi connectivity index (χ4v) is 4.15. The van der Waals surface area contributed by atoms with Gasteiger partial charge in [-0.05, 0) is 23.4 Å². The molecule has 5 aromatic rings. The van der Waals surface area contributed by atoms with E-state index in [4.69, 9.17) is 4.52 Å². The average Bonchev–Trinajstić information content (AvgIpc) is 3.31. The lowest BCUT2D eigenvalue weighted by Gasteiger charge is -2.02. The van der Waals surface area contributed by atoms with Gasteiger partial charge in [0.2, 0.25) is 0 Å². The third kappa shape index (κ3) is 2.71. The standard InChI is InChI=1S/C21H16N4O2S/c1-11(2)17-15-9-13(10-22-20(15)27-25-17)19(26)24-21-23-18-14-6-4-3-5-12(14)7-8-16(18)28-21/h3-11H,1-2H3,(H,23,24,26). The van der Waals surface area contributed by atoms with Gasteiger partial charge in [0.25, 0.3) is 11.6 Å². The van der Waals surface area contributed by atoms with Gasteiger partial charge in [-0.1, -0.05) is 60.7 Å². The van der Waals surface area contributed by atoms with Gasteiger partial charge in [-0.15, -0.1) is 0 Å². The molecule has 0 bridgehead atoms. The molecule has 0 radical (unpaired) electrons. The molecular weight excluding hydrogens is 372 g/mol. The molecular formula is C21H16N4O2S. The average molecular weight is 388 g/mol. The number of thiazole rings is 1. The Labute approximate surface area is 164 Å². The van der Waals surface area contributed by atoms with E-state index in [9.17, 15) is 4.79 Å². The maximum absolute atomic E-state index is 12.8. The van der Waals surface area contributed by atoms with Crippen molar-refractivity contribution in [3.63, 3.8) is 0 Å². The maximum atomic E-state index is 12.8. The molecule has 138 valence electrons. The first kappa shape index (κ1) is 16.8. The van der Waals surface area contributed by atoms with Gasteiger partial charge in [-0.25, -0.2) is 9.97 Å². The van der Waals surface area contributed by atoms with Gasteiger partial charge >= 0.3 is 0 Å². The minimum atomic E-state index is -0.256. The number of benzene rings is 2. The lowest BCUT2D eigenvalue weighted by Crippen LogP contribution is -2.12. The van der Waals surface area contributed by atoms with Crippen molar-refractivity contribution in [2.45, 2.75) is 19.8 Å². The van der Waals surface area contributed by atoms with Gasteiger partial charge in [0.15, 0.2) is 5.13 Å². The number of anilines is 1. The summed E-state index contributed by atoms with van der Waals surface area (Å²) in [4.78, 5) is 21.6. The van der Waals surface area contributed by atoms with E-state index < -0.39 is 0 Å². The quantitative estimate of drug-likeness (QED) is 0.450. The number of amides is 1. The number of carbonyl (C=O) groups excluding carboxylic acids is 1. The van der Waals surface area contributed by atoms with Crippen LogP contribution in [0.3, 0.4) is 0 Å². The van der Waals surface area contributed by atoms with Gasteiger partial charge in [-0.3, -0.25) is 10.1 Å². The van der Waals surface area contributed by atoms with Crippen molar-refractivity contribution in [2.75, 3.05) is 5.32 Å². The summed E-state index contributed by atoms with van der Waals surface area (Å²) in [6.45, 7) is 4.05. The fourth-order valence-electron chi connectivity index (χ4n) is 3.27. The Morgan fingerprint density at radius 1 is 1.14 bits per heavy atom. The molecule has 3 aromatic heterocycles. The smallest absolute Gasteiger partial charge is 0.259 e. The molecule has 1 N–H and O–H groups in total. The van der Waals surface area contributed by atoms with Crippen LogP contribution in [-0.2, 0) is 0 Å². The van der Waals surface area contributed by atoms with Crippen LogP contribution in [-0.4, -0.2) is 21.0 Å². The van der Waals surface area contributed by atoms with Crippen LogP contribution in [0.1, 0.15) is 35.8 Å². The number of hydrogen-bond acceptors (Lipinski definition) is 6. The summed E-state index contributed by atoms with van der Waals surface area (Å²) in [6, 6.07) is 14.0. The molecule has 28 heavy (non-hydrogen) atoms. The van der Waals surface area contributed by atoms with Crippen molar-refractivity contribution in [3.8, 4) is 0 Å². The Bertz CT molecular complexity index is 1350. The van der Waals surface area contributed by atoms with E-state index >= 15 is 0 Å². The summed E-state index contributed by atoms with van der Waals surface area (Å²) in [5.74, 6) is -0.0763. The Balaban J connectivity index is 1.50. The molecule has 0 spiro atoms. The highest BCUT2D eigenvalue weighted by molar-refractivity contribution is 7.22. The van der Waals surface area contributed by atoms with Crippen LogP contribution in [0.2, 0.25) is 0 Å². The highest BCUT2D eigenvalue weighted by Crippen LogP contribution is 2.32. The van der Waals surface area contributed by atoms with E-state index in [2.05, 4.69) is 32.6 Å². The van der Waals surface area contributed by atoms with Gasteiger partial charge in [0, 0.05) is 11.6 Å². The minimum Gasteiger partial charge on any atom is -0.336 e. The Morgan fingerprint density at radius 2 is 2.00 bits per heavy atom. The van der Waals surface area contributed by atoms with Gasteiger partial charge in [0.05, 0.1) is 26.9 Å². The number of hydrogen-bond donors (Lipinski definition) is 1. The van der Waals surface area contributed by atoms with E-state index in [1.54, 1.807) is 6.07 Å². The Hall–Kier alpha value is -3.32. The first-order valence-corrected chi connectivity index (χ1v) is 9.77. The number of nitrogens with one attached hydrogen (secondary N) is 1. The maximum Gasteiger partial charge on any atom is 0.259 e. The monoisotopic (exact) mass is 388 g/mol. The first-order valence-electron chi connectivity index (χ1n) is 8.95. The molecule has 1 amide bonds. The van der Waals surface area contributed by atoms with E-state index in [0.717, 1.165) is 32.1 Å². The van der Waals surface area contributed by atoms with Crippen LogP contribution in [0.5, 0.6) is 0 Å². The van der Waals surface area contributed by atoms with Crippen molar-refractivity contribution in [2.24, 2.45) is 0 Å². The lowest BCUT2D eigenvalue weighted by molar-refractivity contribution is 0.102. The fraction of sp³-hybridized carbons (Fsp3) is 0.143. The van der Waals surface area contributed by atoms with Crippen LogP contribution >= 0.6 is 11.3 Å². The number of rotatable bonds is 3. The topological polar surface area (TPSA) is 80.9 Å². The molecule has 0 fully saturated rings. The minimum absolute atomic E-state index is 0.180. The number of pyridine rings is 1. The summed E-state index contributed by atoms with van der Waals surface area (Å²) in [7, 11) is 0. The van der Waals surface area contributed by atoms with Crippen LogP contribution in [0, 0.1) is 0 Å². The molecule has 0 aliphatic heterocycles. The number of fused-ring (bicyclic) bond motifs is 4. The summed E-state index contributed by atoms with van der Waals surface area (Å²) < 4.78 is 6.27. The Kier molecular flexibility index (Phi) is 3.84. The summed E-state index contributed by atoms with van der Waals surface area (Å²) in [5, 5.41) is 10.5. The number of nitrogens with zero attached hydrogens (tertiary/aromatic N) is 3. The predicted molar refractivity (Wildman–Crippen MR) is 111 cm³/mol. The van der Waals surface area contributed by atoms with Crippen molar-refractivity contribution in [1.82, 2.24) is 15.1 Å². The van der Waals surface area contributed by atoms with Crippen LogP contribution in [0.15, 0.2) is 53.2 Å². The molecule has 5 rings (SSSR count).